The van der Waals surface area contributed by atoms with Crippen molar-refractivity contribution < 1.29 is 28.7 Å². The Morgan fingerprint density at radius 2 is 1.89 bits per heavy atom. The second-order valence-electron chi connectivity index (χ2n) is 5.63. The van der Waals surface area contributed by atoms with Crippen molar-refractivity contribution in [2.45, 2.75) is 11.4 Å². The van der Waals surface area contributed by atoms with E-state index in [2.05, 4.69) is 0 Å². The first-order valence-electron chi connectivity index (χ1n) is 8.24. The van der Waals surface area contributed by atoms with Crippen LogP contribution in [0.3, 0.4) is 0 Å². The van der Waals surface area contributed by atoms with Crippen molar-refractivity contribution in [1.29, 1.82) is 0 Å². The summed E-state index contributed by atoms with van der Waals surface area (Å²) in [7, 11) is 1.62. The molecule has 0 bridgehead atoms. The highest BCUT2D eigenvalue weighted by Gasteiger charge is 2.23. The van der Waals surface area contributed by atoms with Crippen molar-refractivity contribution in [2.24, 2.45) is 0 Å². The number of carboxylic acid groups (broad SMARTS) is 1. The maximum Gasteiger partial charge on any atom is 0.512 e. The van der Waals surface area contributed by atoms with Crippen LogP contribution in [-0.4, -0.2) is 41.2 Å². The molecule has 0 spiro atoms. The van der Waals surface area contributed by atoms with Gasteiger partial charge in [0.2, 0.25) is 0 Å². The SMILES string of the molecule is COc1ccc(SCCOC(=O)n2c[n+](CC(=O)O)c3ccccc32)cc1. The molecule has 2 aromatic carbocycles. The number of carbonyl (C=O) groups is 2. The number of carbonyl (C=O) groups excluding carboxylic acids is 1. The molecule has 1 N–H and O–H groups in total. The molecule has 0 saturated heterocycles. The molecule has 27 heavy (non-hydrogen) atoms. The number of ether oxygens (including phenoxy) is 2. The lowest BCUT2D eigenvalue weighted by molar-refractivity contribution is -0.660. The van der Waals surface area contributed by atoms with Gasteiger partial charge in [-0.3, -0.25) is 0 Å². The minimum Gasteiger partial charge on any atom is -0.497 e. The maximum absolute atomic E-state index is 12.4. The Labute approximate surface area is 160 Å². The molecule has 3 rings (SSSR count). The first-order chi connectivity index (χ1) is 13.1. The summed E-state index contributed by atoms with van der Waals surface area (Å²) in [5, 5.41) is 9.03. The number of hydrogen-bond donors (Lipinski definition) is 1. The summed E-state index contributed by atoms with van der Waals surface area (Å²) in [6.45, 7) is 0.00901. The first-order valence-corrected chi connectivity index (χ1v) is 9.22. The zero-order valence-corrected chi connectivity index (χ0v) is 15.5. The third-order valence-electron chi connectivity index (χ3n) is 3.84. The molecule has 0 amide bonds. The van der Waals surface area contributed by atoms with Crippen molar-refractivity contribution in [3.63, 3.8) is 0 Å². The van der Waals surface area contributed by atoms with Crippen LogP contribution >= 0.6 is 11.8 Å². The van der Waals surface area contributed by atoms with E-state index in [0.29, 0.717) is 16.8 Å². The predicted molar refractivity (Wildman–Crippen MR) is 100 cm³/mol. The van der Waals surface area contributed by atoms with Crippen LogP contribution in [0, 0.1) is 0 Å². The van der Waals surface area contributed by atoms with Crippen molar-refractivity contribution >= 4 is 34.9 Å². The molecule has 1 heterocycles. The summed E-state index contributed by atoms with van der Waals surface area (Å²) < 4.78 is 13.3. The molecule has 0 atom stereocenters. The molecular formula is C19H19N2O5S+. The summed E-state index contributed by atoms with van der Waals surface area (Å²) in [5.74, 6) is 0.416. The number of para-hydroxylation sites is 2. The molecule has 0 fully saturated rings. The number of hydrogen-bond acceptors (Lipinski definition) is 5. The van der Waals surface area contributed by atoms with Crippen molar-refractivity contribution in [1.82, 2.24) is 4.57 Å². The smallest absolute Gasteiger partial charge is 0.497 e. The quantitative estimate of drug-likeness (QED) is 0.381. The summed E-state index contributed by atoms with van der Waals surface area (Å²) in [5.41, 5.74) is 1.26. The van der Waals surface area contributed by atoms with Gasteiger partial charge in [0, 0.05) is 10.6 Å². The Morgan fingerprint density at radius 1 is 1.15 bits per heavy atom. The van der Waals surface area contributed by atoms with Gasteiger partial charge in [-0.2, -0.15) is 4.79 Å². The van der Waals surface area contributed by atoms with E-state index in [-0.39, 0.29) is 13.2 Å². The normalized spacial score (nSPS) is 10.7. The van der Waals surface area contributed by atoms with E-state index in [1.807, 2.05) is 24.3 Å². The fourth-order valence-electron chi connectivity index (χ4n) is 2.62. The van der Waals surface area contributed by atoms with E-state index in [1.54, 1.807) is 43.1 Å². The van der Waals surface area contributed by atoms with Crippen LogP contribution in [-0.2, 0) is 16.1 Å². The van der Waals surface area contributed by atoms with Gasteiger partial charge in [0.15, 0.2) is 17.6 Å². The summed E-state index contributed by atoms with van der Waals surface area (Å²) in [6.07, 6.45) is 0.920. The highest BCUT2D eigenvalue weighted by molar-refractivity contribution is 7.99. The van der Waals surface area contributed by atoms with Gasteiger partial charge in [0.1, 0.15) is 12.4 Å². The third-order valence-corrected chi connectivity index (χ3v) is 4.82. The Balaban J connectivity index is 1.61. The molecule has 0 saturated carbocycles. The number of aliphatic carboxylic acids is 1. The second-order valence-corrected chi connectivity index (χ2v) is 6.80. The van der Waals surface area contributed by atoms with E-state index in [9.17, 15) is 9.59 Å². The molecule has 140 valence electrons. The van der Waals surface area contributed by atoms with E-state index in [0.717, 1.165) is 10.6 Å². The van der Waals surface area contributed by atoms with Gasteiger partial charge >= 0.3 is 12.1 Å². The van der Waals surface area contributed by atoms with Crippen LogP contribution in [0.4, 0.5) is 4.79 Å². The van der Waals surface area contributed by atoms with E-state index in [4.69, 9.17) is 14.6 Å². The van der Waals surface area contributed by atoms with Crippen LogP contribution in [0.25, 0.3) is 11.0 Å². The van der Waals surface area contributed by atoms with Crippen LogP contribution in [0.15, 0.2) is 59.8 Å². The van der Waals surface area contributed by atoms with Gasteiger partial charge in [0.25, 0.3) is 6.33 Å². The monoisotopic (exact) mass is 387 g/mol. The summed E-state index contributed by atoms with van der Waals surface area (Å²) in [4.78, 5) is 24.5. The Bertz CT molecular complexity index is 952. The van der Waals surface area contributed by atoms with Crippen molar-refractivity contribution in [3.8, 4) is 5.75 Å². The number of fused-ring (bicyclic) bond motifs is 1. The Hall–Kier alpha value is -3.00. The van der Waals surface area contributed by atoms with Gasteiger partial charge in [-0.1, -0.05) is 12.1 Å². The molecule has 3 aromatic rings. The topological polar surface area (TPSA) is 81.6 Å². The lowest BCUT2D eigenvalue weighted by Crippen LogP contribution is -2.37. The number of imidazole rings is 1. The summed E-state index contributed by atoms with van der Waals surface area (Å²) in [6, 6.07) is 14.7. The fraction of sp³-hybridized carbons (Fsp3) is 0.211. The minimum absolute atomic E-state index is 0.228. The minimum atomic E-state index is -0.979. The maximum atomic E-state index is 12.4. The molecule has 1 aromatic heterocycles. The largest absolute Gasteiger partial charge is 0.512 e. The van der Waals surface area contributed by atoms with Crippen LogP contribution in [0.1, 0.15) is 0 Å². The predicted octanol–water partition coefficient (Wildman–Crippen LogP) is 2.80. The molecule has 0 aliphatic carbocycles. The second kappa shape index (κ2) is 8.59. The van der Waals surface area contributed by atoms with E-state index in [1.165, 1.54) is 15.5 Å². The third kappa shape index (κ3) is 4.59. The van der Waals surface area contributed by atoms with E-state index < -0.39 is 12.1 Å². The molecule has 8 heteroatoms. The Kier molecular flexibility index (Phi) is 5.97. The standard InChI is InChI=1S/C19H18N2O5S/c1-25-14-6-8-15(9-7-14)27-11-10-26-19(24)21-13-20(12-18(22)23)16-4-2-3-5-17(16)21/h2-9,13H,10-12H2,1H3/p+1. The van der Waals surface area contributed by atoms with Gasteiger partial charge in [-0.25, -0.2) is 9.36 Å². The lowest BCUT2D eigenvalue weighted by atomic mass is 10.3. The number of nitrogens with zero attached hydrogens (tertiary/aromatic N) is 2. The lowest BCUT2D eigenvalue weighted by Gasteiger charge is -2.04. The zero-order chi connectivity index (χ0) is 19.2. The first kappa shape index (κ1) is 18.8. The number of thioether (sulfide) groups is 1. The number of benzene rings is 2. The Morgan fingerprint density at radius 3 is 2.59 bits per heavy atom. The van der Waals surface area contributed by atoms with Crippen LogP contribution in [0.5, 0.6) is 5.75 Å². The number of carboxylic acids is 1. The number of methoxy groups -OCH3 is 1. The van der Waals surface area contributed by atoms with Crippen molar-refractivity contribution in [3.05, 3.63) is 54.9 Å². The average molecular weight is 387 g/mol. The highest BCUT2D eigenvalue weighted by Crippen LogP contribution is 2.21. The molecule has 0 unspecified atom stereocenters. The molecule has 0 aliphatic rings. The number of aromatic nitrogens is 2. The van der Waals surface area contributed by atoms with Gasteiger partial charge in [-0.15, -0.1) is 16.3 Å². The van der Waals surface area contributed by atoms with Gasteiger partial charge in [0.05, 0.1) is 7.11 Å². The highest BCUT2D eigenvalue weighted by atomic mass is 32.2. The fourth-order valence-corrected chi connectivity index (χ4v) is 3.35. The average Bonchev–Trinajstić information content (AvgIpc) is 3.04. The van der Waals surface area contributed by atoms with Crippen LogP contribution in [0.2, 0.25) is 0 Å². The summed E-state index contributed by atoms with van der Waals surface area (Å²) >= 11 is 1.57. The molecule has 0 aliphatic heterocycles. The molecule has 0 radical (unpaired) electrons. The van der Waals surface area contributed by atoms with Gasteiger partial charge in [-0.05, 0) is 36.4 Å². The van der Waals surface area contributed by atoms with Gasteiger partial charge < -0.3 is 14.6 Å². The zero-order valence-electron chi connectivity index (χ0n) is 14.7. The molecule has 7 nitrogen and oxygen atoms in total. The number of rotatable bonds is 7. The molecular weight excluding hydrogens is 368 g/mol. The van der Waals surface area contributed by atoms with Crippen LogP contribution < -0.4 is 9.30 Å². The van der Waals surface area contributed by atoms with E-state index >= 15 is 0 Å². The van der Waals surface area contributed by atoms with Crippen molar-refractivity contribution in [2.75, 3.05) is 19.5 Å².